The minimum Gasteiger partial charge on any atom is -0.321 e. The number of aryl methyl sites for hydroxylation is 1. The molecule has 4 rings (SSSR count). The van der Waals surface area contributed by atoms with Crippen molar-refractivity contribution in [3.63, 3.8) is 0 Å². The third-order valence-corrected chi connectivity index (χ3v) is 4.70. The molecule has 0 saturated carbocycles. The Kier molecular flexibility index (Phi) is 3.82. The number of amides is 1. The van der Waals surface area contributed by atoms with E-state index < -0.39 is 0 Å². The summed E-state index contributed by atoms with van der Waals surface area (Å²) in [5, 5.41) is 14.7. The monoisotopic (exact) mass is 351 g/mol. The predicted octanol–water partition coefficient (Wildman–Crippen LogP) is 2.47. The molecule has 0 aliphatic heterocycles. The fourth-order valence-electron chi connectivity index (χ4n) is 2.36. The molecule has 0 aliphatic carbocycles. The van der Waals surface area contributed by atoms with E-state index in [-0.39, 0.29) is 5.91 Å². The molecule has 0 fully saturated rings. The van der Waals surface area contributed by atoms with Gasteiger partial charge in [0.1, 0.15) is 11.2 Å². The number of hydrogen-bond acceptors (Lipinski definition) is 6. The van der Waals surface area contributed by atoms with E-state index in [1.165, 1.54) is 22.3 Å². The van der Waals surface area contributed by atoms with Gasteiger partial charge in [0.15, 0.2) is 5.13 Å². The van der Waals surface area contributed by atoms with E-state index in [2.05, 4.69) is 25.8 Å². The van der Waals surface area contributed by atoms with E-state index in [0.29, 0.717) is 16.3 Å². The number of thiazole rings is 1. The molecule has 3 heterocycles. The van der Waals surface area contributed by atoms with Crippen LogP contribution in [0.25, 0.3) is 10.8 Å². The van der Waals surface area contributed by atoms with Crippen LogP contribution in [0.5, 0.6) is 0 Å². The molecular formula is C16H13N7OS. The zero-order valence-corrected chi connectivity index (χ0v) is 14.0. The first-order chi connectivity index (χ1) is 12.2. The minimum absolute atomic E-state index is 0.192. The molecule has 8 nitrogen and oxygen atoms in total. The van der Waals surface area contributed by atoms with Crippen molar-refractivity contribution in [2.24, 2.45) is 0 Å². The van der Waals surface area contributed by atoms with Gasteiger partial charge in [-0.25, -0.2) is 9.67 Å². The molecule has 0 radical (unpaired) electrons. The SMILES string of the molecule is Cc1nc(-n2cccc2)sc1C(=O)Nc1cccc(-n2cnnn2)c1. The molecule has 1 aromatic carbocycles. The topological polar surface area (TPSA) is 90.5 Å². The van der Waals surface area contributed by atoms with Crippen molar-refractivity contribution >= 4 is 22.9 Å². The van der Waals surface area contributed by atoms with Crippen molar-refractivity contribution in [2.75, 3.05) is 5.32 Å². The Labute approximate surface area is 146 Å². The van der Waals surface area contributed by atoms with Crippen molar-refractivity contribution in [2.45, 2.75) is 6.92 Å². The van der Waals surface area contributed by atoms with Crippen LogP contribution in [0.15, 0.2) is 55.1 Å². The molecule has 0 spiro atoms. The number of nitrogens with zero attached hydrogens (tertiary/aromatic N) is 6. The first-order valence-corrected chi connectivity index (χ1v) is 8.28. The minimum atomic E-state index is -0.192. The predicted molar refractivity (Wildman–Crippen MR) is 93.3 cm³/mol. The van der Waals surface area contributed by atoms with Gasteiger partial charge in [-0.1, -0.05) is 17.4 Å². The summed E-state index contributed by atoms with van der Waals surface area (Å²) in [6.45, 7) is 1.83. The number of rotatable bonds is 4. The van der Waals surface area contributed by atoms with E-state index in [4.69, 9.17) is 0 Å². The molecule has 0 aliphatic rings. The number of benzene rings is 1. The second-order valence-electron chi connectivity index (χ2n) is 5.26. The van der Waals surface area contributed by atoms with Gasteiger partial charge in [0, 0.05) is 18.1 Å². The van der Waals surface area contributed by atoms with Crippen molar-refractivity contribution in [1.29, 1.82) is 0 Å². The average molecular weight is 351 g/mol. The summed E-state index contributed by atoms with van der Waals surface area (Å²) >= 11 is 1.35. The normalized spacial score (nSPS) is 10.8. The lowest BCUT2D eigenvalue weighted by Crippen LogP contribution is -2.11. The van der Waals surface area contributed by atoms with Crippen LogP contribution >= 0.6 is 11.3 Å². The second kappa shape index (κ2) is 6.29. The quantitative estimate of drug-likeness (QED) is 0.610. The number of carbonyl (C=O) groups is 1. The van der Waals surface area contributed by atoms with Gasteiger partial charge in [0.05, 0.1) is 11.4 Å². The third-order valence-electron chi connectivity index (χ3n) is 3.53. The number of nitrogens with one attached hydrogen (secondary N) is 1. The van der Waals surface area contributed by atoms with Crippen LogP contribution in [0.3, 0.4) is 0 Å². The Morgan fingerprint density at radius 1 is 1.20 bits per heavy atom. The summed E-state index contributed by atoms with van der Waals surface area (Å²) in [6.07, 6.45) is 5.29. The molecule has 3 aromatic heterocycles. The van der Waals surface area contributed by atoms with E-state index in [0.717, 1.165) is 10.8 Å². The third kappa shape index (κ3) is 3.04. The summed E-state index contributed by atoms with van der Waals surface area (Å²) in [4.78, 5) is 17.7. The molecule has 4 aromatic rings. The van der Waals surface area contributed by atoms with Crippen molar-refractivity contribution in [3.05, 3.63) is 65.7 Å². The van der Waals surface area contributed by atoms with Crippen molar-refractivity contribution in [3.8, 4) is 10.8 Å². The number of tetrazole rings is 1. The maximum atomic E-state index is 12.6. The van der Waals surface area contributed by atoms with E-state index in [1.54, 1.807) is 6.07 Å². The van der Waals surface area contributed by atoms with Gasteiger partial charge in [-0.2, -0.15) is 0 Å². The fourth-order valence-corrected chi connectivity index (χ4v) is 3.29. The van der Waals surface area contributed by atoms with Crippen LogP contribution in [0.1, 0.15) is 15.4 Å². The summed E-state index contributed by atoms with van der Waals surface area (Å²) in [5.41, 5.74) is 2.12. The molecule has 0 atom stereocenters. The average Bonchev–Trinajstić information content (AvgIpc) is 3.36. The van der Waals surface area contributed by atoms with E-state index >= 15 is 0 Å². The van der Waals surface area contributed by atoms with Gasteiger partial charge < -0.3 is 9.88 Å². The highest BCUT2D eigenvalue weighted by atomic mass is 32.1. The smallest absolute Gasteiger partial charge is 0.267 e. The zero-order valence-electron chi connectivity index (χ0n) is 13.2. The lowest BCUT2D eigenvalue weighted by molar-refractivity contribution is 0.103. The van der Waals surface area contributed by atoms with Crippen LogP contribution in [-0.4, -0.2) is 35.7 Å². The zero-order chi connectivity index (χ0) is 17.2. The molecule has 0 saturated heterocycles. The molecule has 25 heavy (non-hydrogen) atoms. The number of aromatic nitrogens is 6. The largest absolute Gasteiger partial charge is 0.321 e. The van der Waals surface area contributed by atoms with Gasteiger partial charge in [-0.15, -0.1) is 5.10 Å². The lowest BCUT2D eigenvalue weighted by Gasteiger charge is -2.06. The Balaban J connectivity index is 1.58. The number of carbonyl (C=O) groups excluding carboxylic acids is 1. The summed E-state index contributed by atoms with van der Waals surface area (Å²) < 4.78 is 3.41. The molecule has 9 heteroatoms. The summed E-state index contributed by atoms with van der Waals surface area (Å²) in [7, 11) is 0. The van der Waals surface area contributed by atoms with Gasteiger partial charge >= 0.3 is 0 Å². The summed E-state index contributed by atoms with van der Waals surface area (Å²) in [6, 6.07) is 11.1. The molecule has 1 N–H and O–H groups in total. The van der Waals surface area contributed by atoms with Crippen LogP contribution in [0.2, 0.25) is 0 Å². The highest BCUT2D eigenvalue weighted by molar-refractivity contribution is 7.16. The maximum Gasteiger partial charge on any atom is 0.267 e. The first-order valence-electron chi connectivity index (χ1n) is 7.46. The van der Waals surface area contributed by atoms with Gasteiger partial charge in [-0.3, -0.25) is 4.79 Å². The van der Waals surface area contributed by atoms with Crippen molar-refractivity contribution in [1.82, 2.24) is 29.8 Å². The molecule has 1 amide bonds. The Bertz CT molecular complexity index is 1010. The van der Waals surface area contributed by atoms with Gasteiger partial charge in [0.25, 0.3) is 5.91 Å². The maximum absolute atomic E-state index is 12.6. The van der Waals surface area contributed by atoms with Crippen LogP contribution in [-0.2, 0) is 0 Å². The second-order valence-corrected chi connectivity index (χ2v) is 6.24. The van der Waals surface area contributed by atoms with Crippen LogP contribution in [0, 0.1) is 6.92 Å². The Morgan fingerprint density at radius 2 is 2.04 bits per heavy atom. The molecule has 0 unspecified atom stereocenters. The molecule has 124 valence electrons. The van der Waals surface area contributed by atoms with E-state index in [1.807, 2.05) is 54.2 Å². The van der Waals surface area contributed by atoms with Crippen LogP contribution < -0.4 is 5.32 Å². The van der Waals surface area contributed by atoms with Crippen molar-refractivity contribution < 1.29 is 4.79 Å². The number of hydrogen-bond donors (Lipinski definition) is 1. The molecular weight excluding hydrogens is 338 g/mol. The Morgan fingerprint density at radius 3 is 2.80 bits per heavy atom. The number of anilines is 1. The highest BCUT2D eigenvalue weighted by Crippen LogP contribution is 2.23. The van der Waals surface area contributed by atoms with Crippen LogP contribution in [0.4, 0.5) is 5.69 Å². The highest BCUT2D eigenvalue weighted by Gasteiger charge is 2.16. The standard InChI is InChI=1S/C16H13N7OS/c1-11-14(25-16(18-11)22-7-2-3-8-22)15(24)19-12-5-4-6-13(9-12)23-10-17-20-21-23/h2-10H,1H3,(H,19,24). The summed E-state index contributed by atoms with van der Waals surface area (Å²) in [5.74, 6) is -0.192. The fraction of sp³-hybridized carbons (Fsp3) is 0.0625. The molecule has 0 bridgehead atoms. The van der Waals surface area contributed by atoms with Gasteiger partial charge in [-0.05, 0) is 47.7 Å². The van der Waals surface area contributed by atoms with Gasteiger partial charge in [0.2, 0.25) is 0 Å². The van der Waals surface area contributed by atoms with E-state index in [9.17, 15) is 4.79 Å². The lowest BCUT2D eigenvalue weighted by atomic mass is 10.2. The first kappa shape index (κ1) is 15.2. The Hall–Kier alpha value is -3.33.